The summed E-state index contributed by atoms with van der Waals surface area (Å²) in [6.45, 7) is 10.6. The van der Waals surface area contributed by atoms with Crippen molar-refractivity contribution in [3.63, 3.8) is 0 Å². The van der Waals surface area contributed by atoms with Gasteiger partial charge in [-0.3, -0.25) is 4.99 Å². The second-order valence-electron chi connectivity index (χ2n) is 4.69. The standard InChI is InChI=1S/C12H28N4O2S.HI/c1-5-13-12(15-10-11(3)4)14-8-7-9-16-19(17,18)6-2;/h11,16H,5-10H2,1-4H3,(H2,13,14,15);1H. The number of rotatable bonds is 9. The van der Waals surface area contributed by atoms with Crippen LogP contribution in [0.5, 0.6) is 0 Å². The summed E-state index contributed by atoms with van der Waals surface area (Å²) in [6, 6.07) is 0. The molecule has 0 fully saturated rings. The molecule has 0 saturated carbocycles. The van der Waals surface area contributed by atoms with Crippen molar-refractivity contribution in [1.82, 2.24) is 15.4 Å². The number of hydrogen-bond acceptors (Lipinski definition) is 3. The molecule has 6 nitrogen and oxygen atoms in total. The van der Waals surface area contributed by atoms with Crippen molar-refractivity contribution >= 4 is 40.0 Å². The van der Waals surface area contributed by atoms with Crippen molar-refractivity contribution in [2.45, 2.75) is 34.1 Å². The number of hydrogen-bond donors (Lipinski definition) is 3. The van der Waals surface area contributed by atoms with E-state index < -0.39 is 10.0 Å². The van der Waals surface area contributed by atoms with Crippen LogP contribution in [-0.4, -0.2) is 46.3 Å². The summed E-state index contributed by atoms with van der Waals surface area (Å²) in [5.74, 6) is 1.43. The minimum atomic E-state index is -3.08. The molecule has 122 valence electrons. The Bertz CT molecular complexity index is 358. The van der Waals surface area contributed by atoms with E-state index in [1.54, 1.807) is 6.92 Å². The largest absolute Gasteiger partial charge is 0.357 e. The van der Waals surface area contributed by atoms with E-state index in [1.165, 1.54) is 0 Å². The molecule has 20 heavy (non-hydrogen) atoms. The van der Waals surface area contributed by atoms with Crippen LogP contribution < -0.4 is 15.4 Å². The van der Waals surface area contributed by atoms with Gasteiger partial charge >= 0.3 is 0 Å². The van der Waals surface area contributed by atoms with E-state index in [0.717, 1.165) is 25.5 Å². The Hall–Kier alpha value is -0.0900. The molecule has 3 N–H and O–H groups in total. The summed E-state index contributed by atoms with van der Waals surface area (Å²) in [6.07, 6.45) is 0.728. The van der Waals surface area contributed by atoms with Gasteiger partial charge in [0.2, 0.25) is 10.0 Å². The highest BCUT2D eigenvalue weighted by atomic mass is 127. The van der Waals surface area contributed by atoms with E-state index in [2.05, 4.69) is 34.2 Å². The van der Waals surface area contributed by atoms with Crippen molar-refractivity contribution in [3.05, 3.63) is 0 Å². The lowest BCUT2D eigenvalue weighted by molar-refractivity contribution is 0.579. The topological polar surface area (TPSA) is 82.6 Å². The van der Waals surface area contributed by atoms with Crippen LogP contribution >= 0.6 is 24.0 Å². The Morgan fingerprint density at radius 1 is 1.15 bits per heavy atom. The van der Waals surface area contributed by atoms with Crippen LogP contribution in [-0.2, 0) is 10.0 Å². The molecule has 0 aliphatic carbocycles. The maximum absolute atomic E-state index is 11.2. The molecule has 0 unspecified atom stereocenters. The van der Waals surface area contributed by atoms with Gasteiger partial charge in [-0.05, 0) is 26.2 Å². The third-order valence-electron chi connectivity index (χ3n) is 2.31. The van der Waals surface area contributed by atoms with E-state index in [0.29, 0.717) is 19.0 Å². The summed E-state index contributed by atoms with van der Waals surface area (Å²) in [5.41, 5.74) is 0. The molecule has 0 heterocycles. The first-order chi connectivity index (χ1) is 8.91. The molecule has 0 aliphatic heterocycles. The second-order valence-corrected chi connectivity index (χ2v) is 6.79. The Labute approximate surface area is 140 Å². The molecule has 0 aliphatic rings. The summed E-state index contributed by atoms with van der Waals surface area (Å²) >= 11 is 0. The molecule has 8 heteroatoms. The smallest absolute Gasteiger partial charge is 0.211 e. The second kappa shape index (κ2) is 12.6. The van der Waals surface area contributed by atoms with Gasteiger partial charge in [0.25, 0.3) is 0 Å². The molecular formula is C12H29IN4O2S. The molecule has 0 atom stereocenters. The summed E-state index contributed by atoms with van der Waals surface area (Å²) < 4.78 is 25.0. The SMILES string of the molecule is CCNC(=NCC(C)C)NCCCNS(=O)(=O)CC.I. The van der Waals surface area contributed by atoms with E-state index in [9.17, 15) is 8.42 Å². The van der Waals surface area contributed by atoms with Gasteiger partial charge in [0.15, 0.2) is 5.96 Å². The quantitative estimate of drug-likeness (QED) is 0.226. The van der Waals surface area contributed by atoms with Crippen LogP contribution in [0.1, 0.15) is 34.1 Å². The fourth-order valence-corrected chi connectivity index (χ4v) is 1.90. The predicted octanol–water partition coefficient (Wildman–Crippen LogP) is 1.14. The fourth-order valence-electron chi connectivity index (χ4n) is 1.24. The van der Waals surface area contributed by atoms with Gasteiger partial charge in [0.1, 0.15) is 0 Å². The Balaban J connectivity index is 0. The van der Waals surface area contributed by atoms with Gasteiger partial charge in [-0.25, -0.2) is 13.1 Å². The third kappa shape index (κ3) is 12.9. The molecule has 0 bridgehead atoms. The third-order valence-corrected chi connectivity index (χ3v) is 3.71. The normalized spacial score (nSPS) is 12.2. The molecule has 0 aromatic heterocycles. The van der Waals surface area contributed by atoms with Crippen LogP contribution in [0.4, 0.5) is 0 Å². The van der Waals surface area contributed by atoms with Crippen LogP contribution in [0.25, 0.3) is 0 Å². The summed E-state index contributed by atoms with van der Waals surface area (Å²) in [7, 11) is -3.08. The van der Waals surface area contributed by atoms with Gasteiger partial charge < -0.3 is 10.6 Å². The predicted molar refractivity (Wildman–Crippen MR) is 96.3 cm³/mol. The Kier molecular flexibility index (Phi) is 14.0. The van der Waals surface area contributed by atoms with Crippen LogP contribution in [0.3, 0.4) is 0 Å². The van der Waals surface area contributed by atoms with Gasteiger partial charge in [-0.1, -0.05) is 13.8 Å². The van der Waals surface area contributed by atoms with E-state index in [4.69, 9.17) is 0 Å². The van der Waals surface area contributed by atoms with Gasteiger partial charge in [0, 0.05) is 26.2 Å². The van der Waals surface area contributed by atoms with Crippen LogP contribution in [0, 0.1) is 5.92 Å². The fraction of sp³-hybridized carbons (Fsp3) is 0.917. The zero-order valence-electron chi connectivity index (χ0n) is 12.9. The lowest BCUT2D eigenvalue weighted by Crippen LogP contribution is -2.39. The van der Waals surface area contributed by atoms with E-state index in [-0.39, 0.29) is 29.7 Å². The monoisotopic (exact) mass is 420 g/mol. The minimum Gasteiger partial charge on any atom is -0.357 e. The molecule has 0 aromatic rings. The minimum absolute atomic E-state index is 0. The van der Waals surface area contributed by atoms with Crippen LogP contribution in [0.15, 0.2) is 4.99 Å². The van der Waals surface area contributed by atoms with Gasteiger partial charge in [0.05, 0.1) is 5.75 Å². The number of aliphatic imine (C=N–C) groups is 1. The zero-order valence-corrected chi connectivity index (χ0v) is 16.0. The molecular weight excluding hydrogens is 391 g/mol. The average molecular weight is 420 g/mol. The number of halogens is 1. The lowest BCUT2D eigenvalue weighted by Gasteiger charge is -2.12. The van der Waals surface area contributed by atoms with E-state index in [1.807, 2.05) is 6.92 Å². The van der Waals surface area contributed by atoms with Crippen molar-refractivity contribution in [2.24, 2.45) is 10.9 Å². The number of guanidine groups is 1. The first kappa shape index (κ1) is 22.2. The number of nitrogens with zero attached hydrogens (tertiary/aromatic N) is 1. The molecule has 0 rings (SSSR count). The maximum atomic E-state index is 11.2. The van der Waals surface area contributed by atoms with Crippen molar-refractivity contribution in [1.29, 1.82) is 0 Å². The number of nitrogens with one attached hydrogen (secondary N) is 3. The summed E-state index contributed by atoms with van der Waals surface area (Å²) in [5, 5.41) is 6.34. The first-order valence-corrected chi connectivity index (χ1v) is 8.56. The Morgan fingerprint density at radius 3 is 2.30 bits per heavy atom. The van der Waals surface area contributed by atoms with Gasteiger partial charge in [-0.15, -0.1) is 24.0 Å². The molecule has 0 radical (unpaired) electrons. The van der Waals surface area contributed by atoms with Crippen molar-refractivity contribution < 1.29 is 8.42 Å². The molecule has 0 aromatic carbocycles. The molecule has 0 amide bonds. The highest BCUT2D eigenvalue weighted by Crippen LogP contribution is 1.91. The molecule has 0 saturated heterocycles. The maximum Gasteiger partial charge on any atom is 0.211 e. The first-order valence-electron chi connectivity index (χ1n) is 6.90. The van der Waals surface area contributed by atoms with Crippen molar-refractivity contribution in [3.8, 4) is 0 Å². The lowest BCUT2D eigenvalue weighted by atomic mass is 10.2. The number of sulfonamides is 1. The highest BCUT2D eigenvalue weighted by molar-refractivity contribution is 14.0. The van der Waals surface area contributed by atoms with Crippen LogP contribution in [0.2, 0.25) is 0 Å². The summed E-state index contributed by atoms with van der Waals surface area (Å²) in [4.78, 5) is 4.43. The van der Waals surface area contributed by atoms with Crippen molar-refractivity contribution in [2.75, 3.05) is 31.9 Å². The highest BCUT2D eigenvalue weighted by Gasteiger charge is 2.04. The zero-order chi connectivity index (χ0) is 14.7. The Morgan fingerprint density at radius 2 is 1.80 bits per heavy atom. The van der Waals surface area contributed by atoms with Gasteiger partial charge in [-0.2, -0.15) is 0 Å². The van der Waals surface area contributed by atoms with E-state index >= 15 is 0 Å². The average Bonchev–Trinajstić information content (AvgIpc) is 2.35. The molecule has 0 spiro atoms.